The molecule has 9 heavy (non-hydrogen) atoms. The molecule has 0 bridgehead atoms. The number of nitrogens with one attached hydrogen (secondary N) is 1. The normalized spacial score (nSPS) is 13.2. The van der Waals surface area contributed by atoms with Crippen LogP contribution < -0.4 is 5.73 Å². The fourth-order valence-electron chi connectivity index (χ4n) is 0.606. The van der Waals surface area contributed by atoms with Crippen LogP contribution in [0.15, 0.2) is 0 Å². The fraction of sp³-hybridized carbons (Fsp3) is 0.857. The van der Waals surface area contributed by atoms with E-state index < -0.39 is 0 Å². The second kappa shape index (κ2) is 4.50. The van der Waals surface area contributed by atoms with Crippen LogP contribution in [0.5, 0.6) is 0 Å². The third kappa shape index (κ3) is 5.50. The summed E-state index contributed by atoms with van der Waals surface area (Å²) in [4.78, 5) is 0. The van der Waals surface area contributed by atoms with Gasteiger partial charge in [-0.05, 0) is 26.2 Å². The monoisotopic (exact) mass is 128 g/mol. The molecule has 0 fully saturated rings. The molecule has 2 heteroatoms. The Bertz CT molecular complexity index is 88.9. The molecule has 0 spiro atoms. The van der Waals surface area contributed by atoms with Crippen molar-refractivity contribution in [3.63, 3.8) is 0 Å². The van der Waals surface area contributed by atoms with Crippen LogP contribution in [-0.2, 0) is 0 Å². The van der Waals surface area contributed by atoms with Crippen molar-refractivity contribution >= 4 is 5.71 Å². The number of hydrogen-bond donors (Lipinski definition) is 2. The number of hydrogen-bond acceptors (Lipinski definition) is 2. The van der Waals surface area contributed by atoms with Crippen molar-refractivity contribution in [2.75, 3.05) is 0 Å². The van der Waals surface area contributed by atoms with Gasteiger partial charge in [0.25, 0.3) is 0 Å². The molecule has 0 aromatic rings. The van der Waals surface area contributed by atoms with E-state index in [9.17, 15) is 0 Å². The van der Waals surface area contributed by atoms with Crippen molar-refractivity contribution in [3.8, 4) is 0 Å². The lowest BCUT2D eigenvalue weighted by atomic mass is 10.1. The van der Waals surface area contributed by atoms with E-state index in [0.29, 0.717) is 6.04 Å². The first-order valence-electron chi connectivity index (χ1n) is 3.46. The van der Waals surface area contributed by atoms with Crippen LogP contribution in [-0.4, -0.2) is 11.8 Å². The van der Waals surface area contributed by atoms with E-state index in [1.54, 1.807) is 0 Å². The minimum atomic E-state index is 0.297. The first kappa shape index (κ1) is 8.63. The Morgan fingerprint density at radius 1 is 1.67 bits per heavy atom. The third-order valence-electron chi connectivity index (χ3n) is 1.41. The predicted molar refractivity (Wildman–Crippen MR) is 40.9 cm³/mol. The van der Waals surface area contributed by atoms with Gasteiger partial charge in [-0.2, -0.15) is 0 Å². The van der Waals surface area contributed by atoms with E-state index in [2.05, 4.69) is 6.92 Å². The van der Waals surface area contributed by atoms with Crippen molar-refractivity contribution in [2.45, 2.75) is 39.2 Å². The van der Waals surface area contributed by atoms with Gasteiger partial charge in [0.15, 0.2) is 0 Å². The van der Waals surface area contributed by atoms with Crippen LogP contribution in [0, 0.1) is 5.41 Å². The Labute approximate surface area is 57.0 Å². The molecule has 0 aliphatic heterocycles. The van der Waals surface area contributed by atoms with Gasteiger partial charge in [0.05, 0.1) is 0 Å². The Balaban J connectivity index is 3.16. The van der Waals surface area contributed by atoms with E-state index in [4.69, 9.17) is 11.1 Å². The maximum absolute atomic E-state index is 7.11. The first-order valence-corrected chi connectivity index (χ1v) is 3.46. The first-order chi connectivity index (χ1) is 4.16. The summed E-state index contributed by atoms with van der Waals surface area (Å²) in [5.41, 5.74) is 6.36. The van der Waals surface area contributed by atoms with Crippen molar-refractivity contribution in [2.24, 2.45) is 5.73 Å². The lowest BCUT2D eigenvalue weighted by Crippen LogP contribution is -2.18. The van der Waals surface area contributed by atoms with Crippen molar-refractivity contribution < 1.29 is 0 Å². The molecule has 2 nitrogen and oxygen atoms in total. The molecule has 1 unspecified atom stereocenters. The Hall–Kier alpha value is -0.370. The Kier molecular flexibility index (Phi) is 4.32. The fourth-order valence-corrected chi connectivity index (χ4v) is 0.606. The van der Waals surface area contributed by atoms with Gasteiger partial charge in [-0.15, -0.1) is 0 Å². The highest BCUT2D eigenvalue weighted by atomic mass is 14.6. The minimum absolute atomic E-state index is 0.297. The van der Waals surface area contributed by atoms with Crippen LogP contribution in [0.3, 0.4) is 0 Å². The lowest BCUT2D eigenvalue weighted by molar-refractivity contribution is 0.609. The van der Waals surface area contributed by atoms with Crippen LogP contribution in [0.1, 0.15) is 33.1 Å². The molecule has 0 heterocycles. The topological polar surface area (TPSA) is 49.9 Å². The number of nitrogens with two attached hydrogens (primary N) is 1. The SMILES string of the molecule is CCC(N)CCC(C)=N. The van der Waals surface area contributed by atoms with Crippen LogP contribution in [0.4, 0.5) is 0 Å². The maximum atomic E-state index is 7.11. The molecule has 3 N–H and O–H groups in total. The molecule has 0 saturated heterocycles. The average molecular weight is 128 g/mol. The predicted octanol–water partition coefficient (Wildman–Crippen LogP) is 1.54. The van der Waals surface area contributed by atoms with Gasteiger partial charge in [0.1, 0.15) is 0 Å². The summed E-state index contributed by atoms with van der Waals surface area (Å²) >= 11 is 0. The van der Waals surface area contributed by atoms with Gasteiger partial charge in [-0.1, -0.05) is 6.92 Å². The van der Waals surface area contributed by atoms with Crippen LogP contribution >= 0.6 is 0 Å². The van der Waals surface area contributed by atoms with Gasteiger partial charge in [-0.3, -0.25) is 0 Å². The molecule has 0 rings (SSSR count). The zero-order valence-corrected chi connectivity index (χ0v) is 6.28. The van der Waals surface area contributed by atoms with Crippen LogP contribution in [0.2, 0.25) is 0 Å². The smallest absolute Gasteiger partial charge is 0.00588 e. The molecular weight excluding hydrogens is 112 g/mol. The van der Waals surface area contributed by atoms with E-state index in [1.807, 2.05) is 6.92 Å². The summed E-state index contributed by atoms with van der Waals surface area (Å²) in [7, 11) is 0. The highest BCUT2D eigenvalue weighted by Gasteiger charge is 1.97. The van der Waals surface area contributed by atoms with Crippen molar-refractivity contribution in [1.82, 2.24) is 0 Å². The van der Waals surface area contributed by atoms with E-state index >= 15 is 0 Å². The largest absolute Gasteiger partial charge is 0.328 e. The summed E-state index contributed by atoms with van der Waals surface area (Å²) in [5, 5.41) is 7.11. The van der Waals surface area contributed by atoms with Gasteiger partial charge in [-0.25, -0.2) is 0 Å². The van der Waals surface area contributed by atoms with Crippen molar-refractivity contribution in [1.29, 1.82) is 5.41 Å². The summed E-state index contributed by atoms with van der Waals surface area (Å²) in [6.07, 6.45) is 2.84. The second-order valence-electron chi connectivity index (χ2n) is 2.49. The molecule has 54 valence electrons. The Morgan fingerprint density at radius 2 is 2.22 bits per heavy atom. The van der Waals surface area contributed by atoms with Crippen LogP contribution in [0.25, 0.3) is 0 Å². The highest BCUT2D eigenvalue weighted by molar-refractivity contribution is 5.78. The average Bonchev–Trinajstić information content (AvgIpc) is 1.83. The van der Waals surface area contributed by atoms with Gasteiger partial charge < -0.3 is 11.1 Å². The zero-order chi connectivity index (χ0) is 7.28. The molecule has 0 aromatic carbocycles. The maximum Gasteiger partial charge on any atom is 0.00588 e. The van der Waals surface area contributed by atoms with E-state index in [-0.39, 0.29) is 0 Å². The number of rotatable bonds is 4. The van der Waals surface area contributed by atoms with E-state index in [1.165, 1.54) is 0 Å². The molecule has 1 atom stereocenters. The third-order valence-corrected chi connectivity index (χ3v) is 1.41. The highest BCUT2D eigenvalue weighted by Crippen LogP contribution is 1.98. The summed E-state index contributed by atoms with van der Waals surface area (Å²) in [5.74, 6) is 0. The van der Waals surface area contributed by atoms with E-state index in [0.717, 1.165) is 25.0 Å². The molecule has 0 radical (unpaired) electrons. The molecule has 0 amide bonds. The van der Waals surface area contributed by atoms with Gasteiger partial charge >= 0.3 is 0 Å². The summed E-state index contributed by atoms with van der Waals surface area (Å²) in [6.45, 7) is 3.90. The summed E-state index contributed by atoms with van der Waals surface area (Å²) < 4.78 is 0. The Morgan fingerprint density at radius 3 is 2.56 bits per heavy atom. The molecule has 0 aromatic heterocycles. The minimum Gasteiger partial charge on any atom is -0.328 e. The second-order valence-corrected chi connectivity index (χ2v) is 2.49. The lowest BCUT2D eigenvalue weighted by Gasteiger charge is -2.05. The standard InChI is InChI=1S/C7H16N2/c1-3-7(9)5-4-6(2)8/h7-8H,3-5,9H2,1-2H3. The molecular formula is C7H16N2. The molecule has 0 aliphatic rings. The molecule has 0 aliphatic carbocycles. The van der Waals surface area contributed by atoms with Gasteiger partial charge in [0.2, 0.25) is 0 Å². The molecule has 0 saturated carbocycles. The summed E-state index contributed by atoms with van der Waals surface area (Å²) in [6, 6.07) is 0.297. The van der Waals surface area contributed by atoms with Gasteiger partial charge in [0, 0.05) is 11.8 Å². The van der Waals surface area contributed by atoms with Crippen molar-refractivity contribution in [3.05, 3.63) is 0 Å². The quantitative estimate of drug-likeness (QED) is 0.554. The zero-order valence-electron chi connectivity index (χ0n) is 6.28.